The monoisotopic (exact) mass is 380 g/mol. The number of aryl methyl sites for hydroxylation is 1. The summed E-state index contributed by atoms with van der Waals surface area (Å²) in [5.74, 6) is 0.495. The van der Waals surface area contributed by atoms with Crippen molar-refractivity contribution in [2.24, 2.45) is 5.92 Å². The molecule has 0 bridgehead atoms. The molecular weight excluding hydrogens is 348 g/mol. The second-order valence-electron chi connectivity index (χ2n) is 8.31. The van der Waals surface area contributed by atoms with Crippen LogP contribution in [-0.4, -0.2) is 43.7 Å². The number of ether oxygens (including phenoxy) is 1. The quantitative estimate of drug-likeness (QED) is 0.706. The van der Waals surface area contributed by atoms with Crippen molar-refractivity contribution in [2.75, 3.05) is 26.8 Å². The van der Waals surface area contributed by atoms with Gasteiger partial charge >= 0.3 is 0 Å². The number of fused-ring (bicyclic) bond motifs is 1. The smallest absolute Gasteiger partial charge is 0.227 e. The Labute approximate surface area is 168 Å². The largest absolute Gasteiger partial charge is 0.385 e. The van der Waals surface area contributed by atoms with Crippen LogP contribution in [0.2, 0.25) is 0 Å². The van der Waals surface area contributed by atoms with E-state index in [0.29, 0.717) is 11.9 Å². The molecule has 0 radical (unpaired) electrons. The van der Waals surface area contributed by atoms with Crippen molar-refractivity contribution < 1.29 is 9.53 Å². The van der Waals surface area contributed by atoms with Gasteiger partial charge in [0.2, 0.25) is 5.91 Å². The van der Waals surface area contributed by atoms with Crippen LogP contribution in [0.1, 0.15) is 43.2 Å². The highest BCUT2D eigenvalue weighted by Crippen LogP contribution is 2.32. The Balaban J connectivity index is 1.59. The van der Waals surface area contributed by atoms with Gasteiger partial charge in [0.25, 0.3) is 0 Å². The molecule has 150 valence electrons. The number of hydrogen-bond acceptors (Lipinski definition) is 3. The molecule has 28 heavy (non-hydrogen) atoms. The molecule has 0 aromatic heterocycles. The van der Waals surface area contributed by atoms with E-state index in [0.717, 1.165) is 64.8 Å². The molecule has 2 aromatic carbocycles. The van der Waals surface area contributed by atoms with Crippen molar-refractivity contribution in [3.05, 3.63) is 47.5 Å². The van der Waals surface area contributed by atoms with E-state index in [1.54, 1.807) is 7.11 Å². The van der Waals surface area contributed by atoms with Gasteiger partial charge in [0.1, 0.15) is 0 Å². The van der Waals surface area contributed by atoms with Gasteiger partial charge < -0.3 is 15.0 Å². The molecule has 4 rings (SSSR count). The fourth-order valence-corrected chi connectivity index (χ4v) is 4.41. The van der Waals surface area contributed by atoms with Crippen LogP contribution in [0.3, 0.4) is 0 Å². The maximum atomic E-state index is 13.3. The van der Waals surface area contributed by atoms with Gasteiger partial charge in [-0.15, -0.1) is 0 Å². The van der Waals surface area contributed by atoms with Crippen molar-refractivity contribution >= 4 is 16.7 Å². The summed E-state index contributed by atoms with van der Waals surface area (Å²) in [6.45, 7) is 3.39. The third-order valence-corrected chi connectivity index (χ3v) is 6.08. The minimum Gasteiger partial charge on any atom is -0.385 e. The minimum atomic E-state index is 0.144. The van der Waals surface area contributed by atoms with E-state index in [4.69, 9.17) is 4.74 Å². The van der Waals surface area contributed by atoms with Crippen molar-refractivity contribution in [3.63, 3.8) is 0 Å². The average Bonchev–Trinajstić information content (AvgIpc) is 3.57. The van der Waals surface area contributed by atoms with Gasteiger partial charge in [-0.05, 0) is 67.0 Å². The lowest BCUT2D eigenvalue weighted by Gasteiger charge is -2.30. The molecule has 1 saturated heterocycles. The molecule has 1 amide bonds. The van der Waals surface area contributed by atoms with Crippen LogP contribution in [0, 0.1) is 5.92 Å². The van der Waals surface area contributed by atoms with Crippen LogP contribution < -0.4 is 5.32 Å². The lowest BCUT2D eigenvalue weighted by Crippen LogP contribution is -2.43. The Kier molecular flexibility index (Phi) is 6.28. The fourth-order valence-electron chi connectivity index (χ4n) is 4.41. The van der Waals surface area contributed by atoms with E-state index in [2.05, 4.69) is 46.6 Å². The highest BCUT2D eigenvalue weighted by Gasteiger charge is 2.36. The Bertz CT molecular complexity index is 809. The SMILES string of the molecule is COCCCc1cc(CN(C(=O)[C@@H]2CCCNC2)C2CC2)c2ccccc2c1. The molecular formula is C24H32N2O2. The second kappa shape index (κ2) is 9.06. The molecule has 4 heteroatoms. The highest BCUT2D eigenvalue weighted by molar-refractivity contribution is 5.87. The number of hydrogen-bond donors (Lipinski definition) is 1. The first kappa shape index (κ1) is 19.4. The summed E-state index contributed by atoms with van der Waals surface area (Å²) in [7, 11) is 1.76. The number of amides is 1. The number of methoxy groups -OCH3 is 1. The van der Waals surface area contributed by atoms with Crippen molar-refractivity contribution in [2.45, 2.75) is 51.1 Å². The van der Waals surface area contributed by atoms with Gasteiger partial charge in [-0.2, -0.15) is 0 Å². The normalized spacial score (nSPS) is 19.7. The van der Waals surface area contributed by atoms with Gasteiger partial charge in [0, 0.05) is 32.8 Å². The summed E-state index contributed by atoms with van der Waals surface area (Å²) in [5, 5.41) is 5.95. The molecule has 2 aromatic rings. The van der Waals surface area contributed by atoms with Crippen molar-refractivity contribution in [1.29, 1.82) is 0 Å². The third kappa shape index (κ3) is 4.56. The van der Waals surface area contributed by atoms with E-state index in [9.17, 15) is 4.79 Å². The molecule has 1 atom stereocenters. The highest BCUT2D eigenvalue weighted by atomic mass is 16.5. The second-order valence-corrected chi connectivity index (χ2v) is 8.31. The van der Waals surface area contributed by atoms with E-state index < -0.39 is 0 Å². The van der Waals surface area contributed by atoms with Crippen molar-refractivity contribution in [3.8, 4) is 0 Å². The predicted molar refractivity (Wildman–Crippen MR) is 113 cm³/mol. The van der Waals surface area contributed by atoms with Gasteiger partial charge in [0.15, 0.2) is 0 Å². The van der Waals surface area contributed by atoms with Gasteiger partial charge in [-0.1, -0.05) is 36.4 Å². The third-order valence-electron chi connectivity index (χ3n) is 6.08. The maximum absolute atomic E-state index is 13.3. The predicted octanol–water partition coefficient (Wildman–Crippen LogP) is 3.91. The summed E-state index contributed by atoms with van der Waals surface area (Å²) in [5.41, 5.74) is 2.63. The molecule has 1 saturated carbocycles. The maximum Gasteiger partial charge on any atom is 0.227 e. The molecule has 4 nitrogen and oxygen atoms in total. The van der Waals surface area contributed by atoms with Crippen LogP contribution in [0.4, 0.5) is 0 Å². The average molecular weight is 381 g/mol. The Morgan fingerprint density at radius 3 is 2.82 bits per heavy atom. The first-order valence-corrected chi connectivity index (χ1v) is 10.8. The number of carbonyl (C=O) groups is 1. The summed E-state index contributed by atoms with van der Waals surface area (Å²) < 4.78 is 5.23. The number of nitrogens with one attached hydrogen (secondary N) is 1. The number of benzene rings is 2. The number of nitrogens with zero attached hydrogens (tertiary/aromatic N) is 1. The molecule has 1 aliphatic heterocycles. The Hall–Kier alpha value is -1.91. The van der Waals surface area contributed by atoms with Crippen LogP contribution in [0.5, 0.6) is 0 Å². The summed E-state index contributed by atoms with van der Waals surface area (Å²) in [4.78, 5) is 15.5. The van der Waals surface area contributed by atoms with E-state index in [1.165, 1.54) is 21.9 Å². The van der Waals surface area contributed by atoms with Crippen LogP contribution >= 0.6 is 0 Å². The molecule has 1 aliphatic carbocycles. The van der Waals surface area contributed by atoms with Gasteiger partial charge in [-0.25, -0.2) is 0 Å². The lowest BCUT2D eigenvalue weighted by atomic mass is 9.96. The van der Waals surface area contributed by atoms with Gasteiger partial charge in [-0.3, -0.25) is 4.79 Å². The standard InChI is InChI=1S/C24H32N2O2/c1-28-13-5-6-18-14-19-7-2-3-9-23(19)21(15-18)17-26(22-10-11-22)24(27)20-8-4-12-25-16-20/h2-3,7,9,14-15,20,22,25H,4-6,8,10-13,16-17H2,1H3/t20-/m1/s1. The zero-order valence-electron chi connectivity index (χ0n) is 17.0. The van der Waals surface area contributed by atoms with E-state index in [-0.39, 0.29) is 5.92 Å². The zero-order chi connectivity index (χ0) is 19.3. The zero-order valence-corrected chi connectivity index (χ0v) is 17.0. The molecule has 0 unspecified atom stereocenters. The Morgan fingerprint density at radius 1 is 1.21 bits per heavy atom. The Morgan fingerprint density at radius 2 is 2.07 bits per heavy atom. The topological polar surface area (TPSA) is 41.6 Å². The number of rotatable bonds is 8. The fraction of sp³-hybridized carbons (Fsp3) is 0.542. The summed E-state index contributed by atoms with van der Waals surface area (Å²) in [6, 6.07) is 13.6. The molecule has 1 N–H and O–H groups in total. The van der Waals surface area contributed by atoms with Crippen LogP contribution in [0.25, 0.3) is 10.8 Å². The van der Waals surface area contributed by atoms with Crippen LogP contribution in [0.15, 0.2) is 36.4 Å². The lowest BCUT2D eigenvalue weighted by molar-refractivity contribution is -0.137. The molecule has 2 aliphatic rings. The van der Waals surface area contributed by atoms with Crippen LogP contribution in [-0.2, 0) is 22.5 Å². The minimum absolute atomic E-state index is 0.144. The number of carbonyl (C=O) groups excluding carboxylic acids is 1. The van der Waals surface area contributed by atoms with Crippen molar-refractivity contribution in [1.82, 2.24) is 10.2 Å². The summed E-state index contributed by atoms with van der Waals surface area (Å²) in [6.07, 6.45) is 6.46. The van der Waals surface area contributed by atoms with Gasteiger partial charge in [0.05, 0.1) is 5.92 Å². The first-order valence-electron chi connectivity index (χ1n) is 10.8. The molecule has 0 spiro atoms. The number of piperidine rings is 1. The first-order chi connectivity index (χ1) is 13.8. The summed E-state index contributed by atoms with van der Waals surface area (Å²) >= 11 is 0. The molecule has 2 fully saturated rings. The van der Waals surface area contributed by atoms with E-state index in [1.807, 2.05) is 0 Å². The van der Waals surface area contributed by atoms with E-state index >= 15 is 0 Å². The molecule has 1 heterocycles.